The van der Waals surface area contributed by atoms with Crippen LogP contribution < -0.4 is 15.8 Å². The van der Waals surface area contributed by atoms with Crippen LogP contribution in [0.3, 0.4) is 0 Å². The Morgan fingerprint density at radius 3 is 2.57 bits per heavy atom. The third-order valence-electron chi connectivity index (χ3n) is 6.05. The van der Waals surface area contributed by atoms with Gasteiger partial charge in [-0.2, -0.15) is 5.26 Å². The summed E-state index contributed by atoms with van der Waals surface area (Å²) in [6, 6.07) is 6.49. The number of hydrogen-bond acceptors (Lipinski definition) is 7. The van der Waals surface area contributed by atoms with Crippen LogP contribution in [0.25, 0.3) is 5.65 Å². The summed E-state index contributed by atoms with van der Waals surface area (Å²) >= 11 is 0. The van der Waals surface area contributed by atoms with Gasteiger partial charge in [-0.1, -0.05) is 0 Å². The molecule has 11 heteroatoms. The van der Waals surface area contributed by atoms with E-state index in [1.165, 1.54) is 4.40 Å². The van der Waals surface area contributed by atoms with Gasteiger partial charge in [-0.05, 0) is 44.5 Å². The van der Waals surface area contributed by atoms with Gasteiger partial charge in [-0.3, -0.25) is 9.20 Å². The molecule has 0 radical (unpaired) electrons. The zero-order valence-electron chi connectivity index (χ0n) is 19.5. The van der Waals surface area contributed by atoms with Gasteiger partial charge in [0.15, 0.2) is 17.1 Å². The molecule has 35 heavy (non-hydrogen) atoms. The van der Waals surface area contributed by atoms with Crippen molar-refractivity contribution in [1.82, 2.24) is 14.4 Å². The van der Waals surface area contributed by atoms with E-state index in [1.807, 2.05) is 12.1 Å². The number of hydrogen-bond donors (Lipinski definition) is 2. The first kappa shape index (κ1) is 24.1. The van der Waals surface area contributed by atoms with Crippen LogP contribution >= 0.6 is 0 Å². The molecule has 1 saturated heterocycles. The Labute approximate surface area is 199 Å². The van der Waals surface area contributed by atoms with Crippen LogP contribution in [0.1, 0.15) is 58.7 Å². The lowest BCUT2D eigenvalue weighted by Gasteiger charge is -2.33. The Morgan fingerprint density at radius 1 is 1.26 bits per heavy atom. The maximum absolute atomic E-state index is 13.7. The van der Waals surface area contributed by atoms with Crippen molar-refractivity contribution < 1.29 is 18.7 Å². The minimum atomic E-state index is -2.79. The van der Waals surface area contributed by atoms with E-state index in [1.54, 1.807) is 44.0 Å². The van der Waals surface area contributed by atoms with Crippen LogP contribution in [-0.4, -0.2) is 44.5 Å². The average molecular weight is 482 g/mol. The summed E-state index contributed by atoms with van der Waals surface area (Å²) in [5.41, 5.74) is 1.46. The van der Waals surface area contributed by atoms with E-state index in [-0.39, 0.29) is 35.8 Å². The van der Waals surface area contributed by atoms with E-state index in [4.69, 9.17) is 0 Å². The molecule has 1 fully saturated rings. The molecule has 1 unspecified atom stereocenters. The molecule has 9 nitrogen and oxygen atoms in total. The molecule has 3 aromatic heterocycles. The first-order chi connectivity index (χ1) is 16.5. The fraction of sp³-hybridized carbons (Fsp3) is 0.375. The lowest BCUT2D eigenvalue weighted by atomic mass is 10.1. The number of fused-ring (bicyclic) bond motifs is 1. The largest absolute Gasteiger partial charge is 0.476 e. The minimum absolute atomic E-state index is 0.0314. The number of halogens is 2. The number of nitriles is 1. The second-order valence-corrected chi connectivity index (χ2v) is 8.76. The topological polar surface area (TPSA) is 124 Å². The van der Waals surface area contributed by atoms with Crippen molar-refractivity contribution in [3.8, 4) is 6.07 Å². The van der Waals surface area contributed by atoms with Gasteiger partial charge in [-0.25, -0.2) is 23.5 Å². The van der Waals surface area contributed by atoms with Crippen molar-refractivity contribution in [2.45, 2.75) is 45.6 Å². The quantitative estimate of drug-likeness (QED) is 0.564. The van der Waals surface area contributed by atoms with Crippen LogP contribution in [0.2, 0.25) is 0 Å². The highest BCUT2D eigenvalue weighted by atomic mass is 19.3. The second-order valence-electron chi connectivity index (χ2n) is 8.76. The maximum Gasteiger partial charge on any atom is 0.356 e. The average Bonchev–Trinajstić information content (AvgIpc) is 2.80. The normalized spacial score (nSPS) is 16.1. The third kappa shape index (κ3) is 4.64. The molecule has 1 aliphatic heterocycles. The molecule has 0 aliphatic carbocycles. The number of nitrogens with zero attached hydrogens (tertiary/aromatic N) is 5. The summed E-state index contributed by atoms with van der Waals surface area (Å²) in [6.07, 6.45) is 0.776. The monoisotopic (exact) mass is 482 g/mol. The molecule has 182 valence electrons. The number of pyridine rings is 2. The van der Waals surface area contributed by atoms with Gasteiger partial charge >= 0.3 is 5.97 Å². The van der Waals surface area contributed by atoms with Crippen molar-refractivity contribution in [2.75, 3.05) is 23.3 Å². The van der Waals surface area contributed by atoms with Crippen molar-refractivity contribution >= 4 is 23.1 Å². The van der Waals surface area contributed by atoms with Crippen molar-refractivity contribution in [3.05, 3.63) is 62.8 Å². The third-order valence-corrected chi connectivity index (χ3v) is 6.05. The van der Waals surface area contributed by atoms with Crippen molar-refractivity contribution in [3.63, 3.8) is 0 Å². The molecule has 1 aliphatic rings. The molecule has 0 saturated carbocycles. The predicted octanol–water partition coefficient (Wildman–Crippen LogP) is 3.68. The number of rotatable bonds is 5. The van der Waals surface area contributed by atoms with Crippen LogP contribution in [0.5, 0.6) is 0 Å². The molecular formula is C24H24F2N6O3. The summed E-state index contributed by atoms with van der Waals surface area (Å²) in [7, 11) is 0. The molecular weight excluding hydrogens is 458 g/mol. The standard InChI is InChI=1S/C24H24F2N6O3/c1-13-10-16(15(3)29-18-5-4-14(2)28-19(18)23(34)35)21-30-20(17(11-27)22(33)32(21)12-13)31-8-6-24(25,26)7-9-31/h4-5,10,12,15,29H,6-9H2,1-3H3,(H,34,35). The summed E-state index contributed by atoms with van der Waals surface area (Å²) < 4.78 is 28.7. The van der Waals surface area contributed by atoms with E-state index in [0.29, 0.717) is 16.9 Å². The Hall–Kier alpha value is -4.07. The van der Waals surface area contributed by atoms with E-state index >= 15 is 0 Å². The second kappa shape index (κ2) is 8.94. The van der Waals surface area contributed by atoms with Gasteiger partial charge in [-0.15, -0.1) is 0 Å². The van der Waals surface area contributed by atoms with E-state index in [2.05, 4.69) is 15.3 Å². The number of nitrogens with one attached hydrogen (secondary N) is 1. The summed E-state index contributed by atoms with van der Waals surface area (Å²) in [4.78, 5) is 35.2. The molecule has 0 amide bonds. The molecule has 2 N–H and O–H groups in total. The molecule has 0 bridgehead atoms. The number of carboxylic acids is 1. The highest BCUT2D eigenvalue weighted by Crippen LogP contribution is 2.32. The predicted molar refractivity (Wildman–Crippen MR) is 125 cm³/mol. The van der Waals surface area contributed by atoms with Gasteiger partial charge < -0.3 is 15.3 Å². The number of alkyl halides is 2. The van der Waals surface area contributed by atoms with Gasteiger partial charge in [0.1, 0.15) is 11.7 Å². The summed E-state index contributed by atoms with van der Waals surface area (Å²) in [5.74, 6) is -3.90. The number of anilines is 2. The van der Waals surface area contributed by atoms with Crippen molar-refractivity contribution in [2.24, 2.45) is 0 Å². The minimum Gasteiger partial charge on any atom is -0.476 e. The lowest BCUT2D eigenvalue weighted by molar-refractivity contribution is -0.0221. The molecule has 4 heterocycles. The summed E-state index contributed by atoms with van der Waals surface area (Å²) in [5, 5.41) is 22.4. The summed E-state index contributed by atoms with van der Waals surface area (Å²) in [6.45, 7) is 5.19. The van der Waals surface area contributed by atoms with Crippen LogP contribution in [0.15, 0.2) is 29.2 Å². The van der Waals surface area contributed by atoms with E-state index in [0.717, 1.165) is 5.56 Å². The van der Waals surface area contributed by atoms with Crippen molar-refractivity contribution in [1.29, 1.82) is 5.26 Å². The van der Waals surface area contributed by atoms with Crippen LogP contribution in [0, 0.1) is 25.2 Å². The lowest BCUT2D eigenvalue weighted by Crippen LogP contribution is -2.41. The Balaban J connectivity index is 1.83. The number of aromatic nitrogens is 3. The fourth-order valence-electron chi connectivity index (χ4n) is 4.23. The number of aryl methyl sites for hydroxylation is 2. The molecule has 0 spiro atoms. The first-order valence-corrected chi connectivity index (χ1v) is 11.1. The first-order valence-electron chi connectivity index (χ1n) is 11.1. The molecule has 4 rings (SSSR count). The van der Waals surface area contributed by atoms with E-state index < -0.39 is 36.3 Å². The van der Waals surface area contributed by atoms with Gasteiger partial charge in [0.2, 0.25) is 0 Å². The number of carboxylic acid groups (broad SMARTS) is 1. The number of aromatic carboxylic acids is 1. The SMILES string of the molecule is Cc1cc(C(C)Nc2ccc(C)nc2C(=O)O)c2nc(N3CCC(F)(F)CC3)c(C#N)c(=O)n2c1. The Bertz CT molecular complexity index is 1420. The zero-order chi connectivity index (χ0) is 25.5. The molecule has 1 atom stereocenters. The zero-order valence-corrected chi connectivity index (χ0v) is 19.5. The Morgan fingerprint density at radius 2 is 1.94 bits per heavy atom. The fourth-order valence-corrected chi connectivity index (χ4v) is 4.23. The van der Waals surface area contributed by atoms with Crippen LogP contribution in [0.4, 0.5) is 20.3 Å². The van der Waals surface area contributed by atoms with E-state index in [9.17, 15) is 28.7 Å². The Kier molecular flexibility index (Phi) is 6.15. The number of piperidine rings is 1. The smallest absolute Gasteiger partial charge is 0.356 e. The number of carbonyl (C=O) groups is 1. The highest BCUT2D eigenvalue weighted by Gasteiger charge is 2.35. The molecule has 0 aromatic carbocycles. The van der Waals surface area contributed by atoms with Crippen LogP contribution in [-0.2, 0) is 0 Å². The van der Waals surface area contributed by atoms with Gasteiger partial charge in [0, 0.05) is 43.4 Å². The van der Waals surface area contributed by atoms with Gasteiger partial charge in [0.25, 0.3) is 11.5 Å². The van der Waals surface area contributed by atoms with Gasteiger partial charge in [0.05, 0.1) is 11.7 Å². The highest BCUT2D eigenvalue weighted by molar-refractivity contribution is 5.92. The maximum atomic E-state index is 13.7. The molecule has 3 aromatic rings.